The summed E-state index contributed by atoms with van der Waals surface area (Å²) in [4.78, 5) is 0. The fraction of sp³-hybridized carbons (Fsp3) is 0.625. The molecule has 0 aromatic heterocycles. The molecule has 0 saturated heterocycles. The van der Waals surface area contributed by atoms with Gasteiger partial charge in [0.15, 0.2) is 0 Å². The van der Waals surface area contributed by atoms with Gasteiger partial charge in [-0.25, -0.2) is 0 Å². The number of benzene rings is 1. The van der Waals surface area contributed by atoms with E-state index in [0.29, 0.717) is 12.0 Å². The highest BCUT2D eigenvalue weighted by Crippen LogP contribution is 2.27. The molecule has 0 saturated carbocycles. The first-order valence-electron chi connectivity index (χ1n) is 7.02. The Labute approximate surface area is 117 Å². The van der Waals surface area contributed by atoms with E-state index in [1.807, 2.05) is 18.2 Å². The molecule has 0 aliphatic carbocycles. The highest BCUT2D eigenvalue weighted by atomic mass is 16.5. The largest absolute Gasteiger partial charge is 0.496 e. The first kappa shape index (κ1) is 16.0. The van der Waals surface area contributed by atoms with Gasteiger partial charge in [0.2, 0.25) is 0 Å². The number of hydrogen-bond acceptors (Lipinski definition) is 3. The summed E-state index contributed by atoms with van der Waals surface area (Å²) in [6, 6.07) is 8.51. The second-order valence-corrected chi connectivity index (χ2v) is 5.52. The number of ether oxygens (including phenoxy) is 2. The molecule has 1 rings (SSSR count). The quantitative estimate of drug-likeness (QED) is 0.781. The highest BCUT2D eigenvalue weighted by Gasteiger charge is 2.17. The van der Waals surface area contributed by atoms with E-state index in [4.69, 9.17) is 9.47 Å². The van der Waals surface area contributed by atoms with Crippen LogP contribution < -0.4 is 10.1 Å². The van der Waals surface area contributed by atoms with Crippen molar-refractivity contribution in [1.29, 1.82) is 0 Å². The van der Waals surface area contributed by atoms with Crippen molar-refractivity contribution in [2.75, 3.05) is 20.3 Å². The third kappa shape index (κ3) is 5.62. The molecule has 1 atom stereocenters. The fourth-order valence-corrected chi connectivity index (χ4v) is 1.84. The zero-order valence-electron chi connectivity index (χ0n) is 12.8. The van der Waals surface area contributed by atoms with Crippen molar-refractivity contribution in [1.82, 2.24) is 5.32 Å². The van der Waals surface area contributed by atoms with Crippen molar-refractivity contribution in [3.05, 3.63) is 29.8 Å². The smallest absolute Gasteiger partial charge is 0.124 e. The molecule has 108 valence electrons. The van der Waals surface area contributed by atoms with E-state index in [1.54, 1.807) is 7.11 Å². The summed E-state index contributed by atoms with van der Waals surface area (Å²) < 4.78 is 11.5. The first-order chi connectivity index (χ1) is 9.04. The van der Waals surface area contributed by atoms with Crippen molar-refractivity contribution in [2.24, 2.45) is 5.92 Å². The summed E-state index contributed by atoms with van der Waals surface area (Å²) in [5.74, 6) is 1.41. The van der Waals surface area contributed by atoms with E-state index in [2.05, 4.69) is 39.1 Å². The maximum absolute atomic E-state index is 6.04. The van der Waals surface area contributed by atoms with E-state index >= 15 is 0 Å². The minimum absolute atomic E-state index is 0.0287. The molecular formula is C16H27NO2. The Bertz CT molecular complexity index is 352. The first-order valence-corrected chi connectivity index (χ1v) is 7.02. The Balaban J connectivity index is 2.81. The average molecular weight is 265 g/mol. The topological polar surface area (TPSA) is 30.5 Å². The molecule has 3 heteroatoms. The summed E-state index contributed by atoms with van der Waals surface area (Å²) in [6.45, 7) is 10.2. The molecule has 3 nitrogen and oxygen atoms in total. The van der Waals surface area contributed by atoms with Gasteiger partial charge < -0.3 is 14.8 Å². The molecule has 0 spiro atoms. The van der Waals surface area contributed by atoms with Crippen LogP contribution in [0.3, 0.4) is 0 Å². The lowest BCUT2D eigenvalue weighted by Gasteiger charge is -2.23. The van der Waals surface area contributed by atoms with Gasteiger partial charge in [0.25, 0.3) is 0 Å². The minimum atomic E-state index is 0.0287. The molecule has 0 amide bonds. The van der Waals surface area contributed by atoms with Crippen LogP contribution in [0.1, 0.15) is 39.4 Å². The molecule has 0 bridgehead atoms. The summed E-state index contributed by atoms with van der Waals surface area (Å²) in [5, 5.41) is 3.44. The van der Waals surface area contributed by atoms with Crippen LogP contribution in [-0.4, -0.2) is 26.3 Å². The summed E-state index contributed by atoms with van der Waals surface area (Å²) >= 11 is 0. The zero-order chi connectivity index (χ0) is 14.3. The molecule has 0 heterocycles. The molecule has 0 fully saturated rings. The second kappa shape index (κ2) is 8.18. The van der Waals surface area contributed by atoms with Crippen LogP contribution >= 0.6 is 0 Å². The van der Waals surface area contributed by atoms with Crippen molar-refractivity contribution in [2.45, 2.75) is 39.8 Å². The Morgan fingerprint density at radius 2 is 1.79 bits per heavy atom. The number of nitrogens with one attached hydrogen (secondary N) is 1. The van der Waals surface area contributed by atoms with E-state index in [-0.39, 0.29) is 6.10 Å². The summed E-state index contributed by atoms with van der Waals surface area (Å²) in [6.07, 6.45) is 0.0287. The van der Waals surface area contributed by atoms with Crippen molar-refractivity contribution in [3.63, 3.8) is 0 Å². The predicted molar refractivity (Wildman–Crippen MR) is 79.7 cm³/mol. The SMILES string of the molecule is COc1ccccc1C(CNC(C)C)OCC(C)C. The van der Waals surface area contributed by atoms with Crippen LogP contribution in [0.2, 0.25) is 0 Å². The molecule has 1 unspecified atom stereocenters. The zero-order valence-corrected chi connectivity index (χ0v) is 12.8. The van der Waals surface area contributed by atoms with Crippen LogP contribution in [0.25, 0.3) is 0 Å². The van der Waals surface area contributed by atoms with Crippen molar-refractivity contribution >= 4 is 0 Å². The fourth-order valence-electron chi connectivity index (χ4n) is 1.84. The lowest BCUT2D eigenvalue weighted by atomic mass is 10.1. The number of hydrogen-bond donors (Lipinski definition) is 1. The van der Waals surface area contributed by atoms with E-state index < -0.39 is 0 Å². The van der Waals surface area contributed by atoms with E-state index in [0.717, 1.165) is 24.5 Å². The molecule has 19 heavy (non-hydrogen) atoms. The highest BCUT2D eigenvalue weighted by molar-refractivity contribution is 5.35. The lowest BCUT2D eigenvalue weighted by molar-refractivity contribution is 0.0326. The van der Waals surface area contributed by atoms with Gasteiger partial charge in [-0.1, -0.05) is 45.9 Å². The van der Waals surface area contributed by atoms with Crippen LogP contribution in [0.15, 0.2) is 24.3 Å². The van der Waals surface area contributed by atoms with Crippen LogP contribution in [0.5, 0.6) is 5.75 Å². The number of methoxy groups -OCH3 is 1. The van der Waals surface area contributed by atoms with Gasteiger partial charge in [-0.15, -0.1) is 0 Å². The van der Waals surface area contributed by atoms with Gasteiger partial charge in [0, 0.05) is 24.8 Å². The van der Waals surface area contributed by atoms with Crippen molar-refractivity contribution < 1.29 is 9.47 Å². The average Bonchev–Trinajstić information content (AvgIpc) is 2.38. The maximum atomic E-state index is 6.04. The second-order valence-electron chi connectivity index (χ2n) is 5.52. The summed E-state index contributed by atoms with van der Waals surface area (Å²) in [5.41, 5.74) is 1.11. The van der Waals surface area contributed by atoms with Crippen LogP contribution in [0.4, 0.5) is 0 Å². The van der Waals surface area contributed by atoms with Gasteiger partial charge in [-0.2, -0.15) is 0 Å². The molecule has 0 radical (unpaired) electrons. The van der Waals surface area contributed by atoms with Gasteiger partial charge in [0.1, 0.15) is 5.75 Å². The third-order valence-corrected chi connectivity index (χ3v) is 2.83. The normalized spacial score (nSPS) is 13.0. The Morgan fingerprint density at radius 1 is 1.11 bits per heavy atom. The molecule has 0 aliphatic rings. The standard InChI is InChI=1S/C16H27NO2/c1-12(2)11-19-16(10-17-13(3)4)14-8-6-7-9-15(14)18-5/h6-9,12-13,16-17H,10-11H2,1-5H3. The van der Waals surface area contributed by atoms with E-state index in [9.17, 15) is 0 Å². The van der Waals surface area contributed by atoms with Gasteiger partial charge in [-0.3, -0.25) is 0 Å². The molecule has 1 N–H and O–H groups in total. The Kier molecular flexibility index (Phi) is 6.89. The van der Waals surface area contributed by atoms with E-state index in [1.165, 1.54) is 0 Å². The number of rotatable bonds is 8. The minimum Gasteiger partial charge on any atom is -0.496 e. The van der Waals surface area contributed by atoms with Crippen LogP contribution in [0, 0.1) is 5.92 Å². The van der Waals surface area contributed by atoms with Gasteiger partial charge >= 0.3 is 0 Å². The van der Waals surface area contributed by atoms with Gasteiger partial charge in [0.05, 0.1) is 13.2 Å². The molecule has 0 aliphatic heterocycles. The van der Waals surface area contributed by atoms with Gasteiger partial charge in [-0.05, 0) is 12.0 Å². The number of para-hydroxylation sites is 1. The monoisotopic (exact) mass is 265 g/mol. The molecule has 1 aromatic rings. The molecule has 1 aromatic carbocycles. The maximum Gasteiger partial charge on any atom is 0.124 e. The Hall–Kier alpha value is -1.06. The Morgan fingerprint density at radius 3 is 2.37 bits per heavy atom. The lowest BCUT2D eigenvalue weighted by Crippen LogP contribution is -2.30. The third-order valence-electron chi connectivity index (χ3n) is 2.83. The van der Waals surface area contributed by atoms with Crippen LogP contribution in [-0.2, 0) is 4.74 Å². The predicted octanol–water partition coefficient (Wildman–Crippen LogP) is 3.41. The van der Waals surface area contributed by atoms with Crippen molar-refractivity contribution in [3.8, 4) is 5.75 Å². The molecular weight excluding hydrogens is 238 g/mol. The summed E-state index contributed by atoms with van der Waals surface area (Å²) in [7, 11) is 1.70.